The van der Waals surface area contributed by atoms with Crippen LogP contribution in [0.25, 0.3) is 11.4 Å². The van der Waals surface area contributed by atoms with Crippen LogP contribution in [-0.2, 0) is 21.4 Å². The van der Waals surface area contributed by atoms with Gasteiger partial charge in [-0.25, -0.2) is 8.42 Å². The van der Waals surface area contributed by atoms with Crippen molar-refractivity contribution in [2.45, 2.75) is 30.5 Å². The zero-order chi connectivity index (χ0) is 22.0. The molecule has 1 amide bonds. The van der Waals surface area contributed by atoms with Crippen molar-refractivity contribution < 1.29 is 17.7 Å². The fourth-order valence-electron chi connectivity index (χ4n) is 3.42. The van der Waals surface area contributed by atoms with Crippen LogP contribution in [0.3, 0.4) is 0 Å². The monoisotopic (exact) mass is 480 g/mol. The third-order valence-electron chi connectivity index (χ3n) is 5.09. The van der Waals surface area contributed by atoms with Gasteiger partial charge in [0.15, 0.2) is 0 Å². The predicted octanol–water partition coefficient (Wildman–Crippen LogP) is 3.48. The maximum atomic E-state index is 13.1. The smallest absolute Gasteiger partial charge is 0.252 e. The summed E-state index contributed by atoms with van der Waals surface area (Å²) < 4.78 is 32.8. The largest absolute Gasteiger partial charge is 0.352 e. The number of halogens is 1. The highest BCUT2D eigenvalue weighted by Gasteiger charge is 2.34. The summed E-state index contributed by atoms with van der Waals surface area (Å²) in [4.78, 5) is 16.8. The second-order valence-corrected chi connectivity index (χ2v) is 10.9. The number of hydrogen-bond acceptors (Lipinski definition) is 7. The van der Waals surface area contributed by atoms with E-state index in [1.54, 1.807) is 30.5 Å². The van der Waals surface area contributed by atoms with Crippen molar-refractivity contribution in [2.75, 3.05) is 13.1 Å². The minimum absolute atomic E-state index is 0.149. The van der Waals surface area contributed by atoms with Crippen molar-refractivity contribution in [1.82, 2.24) is 19.8 Å². The van der Waals surface area contributed by atoms with Gasteiger partial charge < -0.3 is 9.84 Å². The number of piperidine rings is 1. The number of nitrogens with zero attached hydrogens (tertiary/aromatic N) is 3. The third-order valence-corrected chi connectivity index (χ3v) is 8.62. The molecule has 0 radical (unpaired) electrons. The van der Waals surface area contributed by atoms with Crippen LogP contribution >= 0.6 is 22.9 Å². The number of carbonyl (C=O) groups is 1. The zero-order valence-electron chi connectivity index (χ0n) is 16.7. The highest BCUT2D eigenvalue weighted by molar-refractivity contribution is 7.91. The van der Waals surface area contributed by atoms with Crippen LogP contribution < -0.4 is 5.32 Å². The number of benzene rings is 1. The summed E-state index contributed by atoms with van der Waals surface area (Å²) in [7, 11) is -3.71. The van der Waals surface area contributed by atoms with E-state index < -0.39 is 15.9 Å². The summed E-state index contributed by atoms with van der Waals surface area (Å²) in [6.07, 6.45) is 1.27. The van der Waals surface area contributed by atoms with E-state index in [1.165, 1.54) is 4.31 Å². The van der Waals surface area contributed by atoms with Crippen molar-refractivity contribution >= 4 is 38.9 Å². The van der Waals surface area contributed by atoms with Gasteiger partial charge in [-0.1, -0.05) is 28.9 Å². The van der Waals surface area contributed by atoms with E-state index in [0.717, 1.165) is 16.9 Å². The van der Waals surface area contributed by atoms with Gasteiger partial charge in [0.1, 0.15) is 4.21 Å². The van der Waals surface area contributed by atoms with E-state index in [-0.39, 0.29) is 16.7 Å². The number of nitrogens with one attached hydrogen (secondary N) is 1. The Morgan fingerprint density at radius 2 is 2.13 bits per heavy atom. The molecule has 0 spiro atoms. The SMILES string of the molecule is Cc1nc(-c2csc(S(=O)(=O)N3CCCC(C(=O)NCc4ccc(Cl)cc4)C3)c2)no1. The molecule has 1 aromatic carbocycles. The van der Waals surface area contributed by atoms with Gasteiger partial charge in [-0.3, -0.25) is 4.79 Å². The Hall–Kier alpha value is -2.27. The lowest BCUT2D eigenvalue weighted by atomic mass is 9.99. The lowest BCUT2D eigenvalue weighted by molar-refractivity contribution is -0.126. The van der Waals surface area contributed by atoms with Crippen LogP contribution in [0.15, 0.2) is 44.4 Å². The fourth-order valence-corrected chi connectivity index (χ4v) is 6.38. The Balaban J connectivity index is 1.41. The van der Waals surface area contributed by atoms with E-state index in [1.807, 2.05) is 12.1 Å². The summed E-state index contributed by atoms with van der Waals surface area (Å²) in [6.45, 7) is 2.59. The molecule has 3 aromatic rings. The summed E-state index contributed by atoms with van der Waals surface area (Å²) in [5.74, 6) is 0.224. The molecule has 2 aromatic heterocycles. The minimum atomic E-state index is -3.71. The molecule has 1 fully saturated rings. The first-order valence-corrected chi connectivity index (χ1v) is 12.4. The van der Waals surface area contributed by atoms with Gasteiger partial charge in [0.2, 0.25) is 17.6 Å². The zero-order valence-corrected chi connectivity index (χ0v) is 19.1. The first-order chi connectivity index (χ1) is 14.8. The number of sulfonamides is 1. The first-order valence-electron chi connectivity index (χ1n) is 9.74. The molecular formula is C20H21ClN4O4S2. The molecule has 0 bridgehead atoms. The van der Waals surface area contributed by atoms with Crippen molar-refractivity contribution in [3.63, 3.8) is 0 Å². The fraction of sp³-hybridized carbons (Fsp3) is 0.350. The topological polar surface area (TPSA) is 105 Å². The Bertz CT molecular complexity index is 1170. The number of amides is 1. The third kappa shape index (κ3) is 4.98. The average molecular weight is 481 g/mol. The highest BCUT2D eigenvalue weighted by atomic mass is 35.5. The quantitative estimate of drug-likeness (QED) is 0.579. The van der Waals surface area contributed by atoms with E-state index in [4.69, 9.17) is 16.1 Å². The molecule has 8 nitrogen and oxygen atoms in total. The molecule has 0 saturated carbocycles. The van der Waals surface area contributed by atoms with Crippen LogP contribution in [0.2, 0.25) is 5.02 Å². The van der Waals surface area contributed by atoms with Crippen molar-refractivity contribution in [2.24, 2.45) is 5.92 Å². The summed E-state index contributed by atoms with van der Waals surface area (Å²) in [5, 5.41) is 9.06. The standard InChI is InChI=1S/C20H21ClN4O4S2/c1-13-23-19(24-29-13)16-9-18(30-12-16)31(27,28)25-8-2-3-15(11-25)20(26)22-10-14-4-6-17(21)7-5-14/h4-7,9,12,15H,2-3,8,10-11H2,1H3,(H,22,26). The Morgan fingerprint density at radius 1 is 1.35 bits per heavy atom. The van der Waals surface area contributed by atoms with Crippen LogP contribution in [-0.4, -0.2) is 41.9 Å². The van der Waals surface area contributed by atoms with Gasteiger partial charge >= 0.3 is 0 Å². The van der Waals surface area contributed by atoms with Gasteiger partial charge in [0.05, 0.1) is 5.92 Å². The molecule has 11 heteroatoms. The number of rotatable bonds is 6. The molecule has 0 aliphatic carbocycles. The summed E-state index contributed by atoms with van der Waals surface area (Å²) >= 11 is 6.99. The van der Waals surface area contributed by atoms with Crippen molar-refractivity contribution in [3.8, 4) is 11.4 Å². The highest BCUT2D eigenvalue weighted by Crippen LogP contribution is 2.31. The van der Waals surface area contributed by atoms with Crippen molar-refractivity contribution in [1.29, 1.82) is 0 Å². The normalized spacial score (nSPS) is 17.5. The van der Waals surface area contributed by atoms with Crippen LogP contribution in [0.4, 0.5) is 0 Å². The molecule has 1 aliphatic heterocycles. The van der Waals surface area contributed by atoms with Crippen LogP contribution in [0.5, 0.6) is 0 Å². The average Bonchev–Trinajstić information content (AvgIpc) is 3.43. The number of thiophene rings is 1. The second kappa shape index (κ2) is 9.07. The van der Waals surface area contributed by atoms with Crippen LogP contribution in [0.1, 0.15) is 24.3 Å². The number of aryl methyl sites for hydroxylation is 1. The Labute approximate surface area is 189 Å². The van der Waals surface area contributed by atoms with Gasteiger partial charge in [0, 0.05) is 42.5 Å². The summed E-state index contributed by atoms with van der Waals surface area (Å²) in [6, 6.07) is 8.78. The maximum absolute atomic E-state index is 13.1. The van der Waals surface area contributed by atoms with Gasteiger partial charge in [-0.2, -0.15) is 9.29 Å². The molecule has 164 valence electrons. The van der Waals surface area contributed by atoms with E-state index in [2.05, 4.69) is 15.5 Å². The minimum Gasteiger partial charge on any atom is -0.352 e. The van der Waals surface area contributed by atoms with Crippen molar-refractivity contribution in [3.05, 3.63) is 52.2 Å². The number of carbonyl (C=O) groups excluding carboxylic acids is 1. The Kier molecular flexibility index (Phi) is 6.42. The maximum Gasteiger partial charge on any atom is 0.252 e. The molecule has 1 saturated heterocycles. The number of hydrogen-bond donors (Lipinski definition) is 1. The van der Waals surface area contributed by atoms with E-state index in [0.29, 0.717) is 48.2 Å². The molecule has 4 rings (SSSR count). The molecule has 1 N–H and O–H groups in total. The lowest BCUT2D eigenvalue weighted by Gasteiger charge is -2.30. The molecule has 1 unspecified atom stereocenters. The molecule has 1 aliphatic rings. The second-order valence-electron chi connectivity index (χ2n) is 7.34. The van der Waals surface area contributed by atoms with Crippen LogP contribution in [0, 0.1) is 12.8 Å². The van der Waals surface area contributed by atoms with Gasteiger partial charge in [0.25, 0.3) is 10.0 Å². The molecular weight excluding hydrogens is 460 g/mol. The molecule has 1 atom stereocenters. The Morgan fingerprint density at radius 3 is 2.84 bits per heavy atom. The summed E-state index contributed by atoms with van der Waals surface area (Å²) in [5.41, 5.74) is 1.52. The first kappa shape index (κ1) is 21.9. The molecule has 31 heavy (non-hydrogen) atoms. The van der Waals surface area contributed by atoms with E-state index in [9.17, 15) is 13.2 Å². The van der Waals surface area contributed by atoms with E-state index >= 15 is 0 Å². The lowest BCUT2D eigenvalue weighted by Crippen LogP contribution is -2.45. The molecule has 3 heterocycles. The van der Waals surface area contributed by atoms with Gasteiger partial charge in [-0.15, -0.1) is 11.3 Å². The van der Waals surface area contributed by atoms with Gasteiger partial charge in [-0.05, 0) is 36.6 Å². The predicted molar refractivity (Wildman–Crippen MR) is 117 cm³/mol. The number of aromatic nitrogens is 2.